The van der Waals surface area contributed by atoms with Gasteiger partial charge in [0.15, 0.2) is 0 Å². The molecule has 1 aromatic rings. The van der Waals surface area contributed by atoms with Gasteiger partial charge in [0.2, 0.25) is 0 Å². The van der Waals surface area contributed by atoms with Crippen molar-refractivity contribution < 1.29 is 4.79 Å². The summed E-state index contributed by atoms with van der Waals surface area (Å²) in [5.74, 6) is 1.12. The fraction of sp³-hybridized carbons (Fsp3) is 0.500. The van der Waals surface area contributed by atoms with Crippen LogP contribution in [0.2, 0.25) is 0 Å². The Labute approximate surface area is 96.9 Å². The summed E-state index contributed by atoms with van der Waals surface area (Å²) in [6, 6.07) is 3.85. The second kappa shape index (κ2) is 4.96. The number of amides is 2. The van der Waals surface area contributed by atoms with Crippen molar-refractivity contribution in [2.75, 3.05) is 26.0 Å². The molecule has 0 radical (unpaired) electrons. The van der Waals surface area contributed by atoms with Crippen LogP contribution in [0.4, 0.5) is 10.6 Å². The number of aromatic nitrogens is 1. The Balaban J connectivity index is 2.96. The summed E-state index contributed by atoms with van der Waals surface area (Å²) in [6.07, 6.45) is 1.74. The van der Waals surface area contributed by atoms with Crippen LogP contribution in [-0.2, 0) is 0 Å². The molecule has 0 N–H and O–H groups in total. The van der Waals surface area contributed by atoms with Gasteiger partial charge in [0.1, 0.15) is 5.82 Å². The average molecular weight is 221 g/mol. The molecule has 0 spiro atoms. The molecule has 0 bridgehead atoms. The zero-order valence-corrected chi connectivity index (χ0v) is 10.6. The first-order valence-corrected chi connectivity index (χ1v) is 5.34. The molecule has 4 heteroatoms. The first kappa shape index (κ1) is 12.5. The van der Waals surface area contributed by atoms with Crippen molar-refractivity contribution in [3.8, 4) is 0 Å². The van der Waals surface area contributed by atoms with Crippen molar-refractivity contribution in [1.82, 2.24) is 9.88 Å². The van der Waals surface area contributed by atoms with E-state index in [1.807, 2.05) is 12.1 Å². The Kier molecular flexibility index (Phi) is 3.88. The maximum absolute atomic E-state index is 11.7. The molecule has 1 heterocycles. The molecule has 0 aromatic carbocycles. The predicted octanol–water partition coefficient (Wildman–Crippen LogP) is 2.32. The molecule has 0 unspecified atom stereocenters. The highest BCUT2D eigenvalue weighted by molar-refractivity contribution is 5.90. The summed E-state index contributed by atoms with van der Waals surface area (Å²) in [7, 11) is 5.19. The SMILES string of the molecule is CC(C)c1ccnc(N(C)C(=O)N(C)C)c1. The number of rotatable bonds is 2. The topological polar surface area (TPSA) is 36.4 Å². The van der Waals surface area contributed by atoms with E-state index in [0.29, 0.717) is 11.7 Å². The summed E-state index contributed by atoms with van der Waals surface area (Å²) in [5, 5.41) is 0. The van der Waals surface area contributed by atoms with Crippen LogP contribution in [-0.4, -0.2) is 37.1 Å². The van der Waals surface area contributed by atoms with E-state index in [-0.39, 0.29) is 6.03 Å². The fourth-order valence-corrected chi connectivity index (χ4v) is 1.37. The maximum atomic E-state index is 11.7. The molecule has 1 aromatic heterocycles. The van der Waals surface area contributed by atoms with Gasteiger partial charge in [-0.25, -0.2) is 9.78 Å². The molecule has 16 heavy (non-hydrogen) atoms. The zero-order valence-electron chi connectivity index (χ0n) is 10.6. The third-order valence-electron chi connectivity index (χ3n) is 2.45. The normalized spacial score (nSPS) is 10.4. The van der Waals surface area contributed by atoms with E-state index in [1.54, 1.807) is 32.2 Å². The number of hydrogen-bond donors (Lipinski definition) is 0. The highest BCUT2D eigenvalue weighted by atomic mass is 16.2. The third kappa shape index (κ3) is 2.72. The Bertz CT molecular complexity index is 374. The number of carbonyl (C=O) groups excluding carboxylic acids is 1. The van der Waals surface area contributed by atoms with Crippen LogP contribution in [0.1, 0.15) is 25.3 Å². The van der Waals surface area contributed by atoms with Crippen LogP contribution in [0.25, 0.3) is 0 Å². The van der Waals surface area contributed by atoms with Crippen LogP contribution in [0, 0.1) is 0 Å². The van der Waals surface area contributed by atoms with Crippen molar-refractivity contribution in [3.63, 3.8) is 0 Å². The molecule has 0 atom stereocenters. The van der Waals surface area contributed by atoms with E-state index in [2.05, 4.69) is 18.8 Å². The number of carbonyl (C=O) groups is 1. The third-order valence-corrected chi connectivity index (χ3v) is 2.45. The highest BCUT2D eigenvalue weighted by Gasteiger charge is 2.14. The minimum atomic E-state index is -0.0755. The van der Waals surface area contributed by atoms with Gasteiger partial charge in [0.05, 0.1) is 0 Å². The minimum absolute atomic E-state index is 0.0755. The lowest BCUT2D eigenvalue weighted by Gasteiger charge is -2.21. The van der Waals surface area contributed by atoms with Gasteiger partial charge < -0.3 is 4.90 Å². The van der Waals surface area contributed by atoms with Crippen LogP contribution < -0.4 is 4.90 Å². The van der Waals surface area contributed by atoms with E-state index in [4.69, 9.17) is 0 Å². The van der Waals surface area contributed by atoms with E-state index < -0.39 is 0 Å². The van der Waals surface area contributed by atoms with Crippen LogP contribution >= 0.6 is 0 Å². The van der Waals surface area contributed by atoms with Gasteiger partial charge in [-0.3, -0.25) is 4.90 Å². The summed E-state index contributed by atoms with van der Waals surface area (Å²) in [6.45, 7) is 4.24. The first-order valence-electron chi connectivity index (χ1n) is 5.34. The number of hydrogen-bond acceptors (Lipinski definition) is 2. The van der Waals surface area contributed by atoms with Gasteiger partial charge >= 0.3 is 6.03 Å². The molecule has 0 saturated carbocycles. The van der Waals surface area contributed by atoms with E-state index in [0.717, 1.165) is 0 Å². The van der Waals surface area contributed by atoms with Crippen LogP contribution in [0.15, 0.2) is 18.3 Å². The van der Waals surface area contributed by atoms with Crippen molar-refractivity contribution in [2.24, 2.45) is 0 Å². The van der Waals surface area contributed by atoms with E-state index in [9.17, 15) is 4.79 Å². The molecular weight excluding hydrogens is 202 g/mol. The zero-order chi connectivity index (χ0) is 12.3. The molecule has 88 valence electrons. The average Bonchev–Trinajstić information content (AvgIpc) is 2.27. The lowest BCUT2D eigenvalue weighted by Crippen LogP contribution is -2.36. The van der Waals surface area contributed by atoms with Gasteiger partial charge in [-0.2, -0.15) is 0 Å². The molecular formula is C12H19N3O. The standard InChI is InChI=1S/C12H19N3O/c1-9(2)10-6-7-13-11(8-10)15(5)12(16)14(3)4/h6-9H,1-5H3. The molecule has 0 saturated heterocycles. The van der Waals surface area contributed by atoms with E-state index in [1.165, 1.54) is 10.5 Å². The Morgan fingerprint density at radius 3 is 2.44 bits per heavy atom. The molecule has 0 fully saturated rings. The lowest BCUT2D eigenvalue weighted by molar-refractivity contribution is 0.225. The molecule has 0 aliphatic heterocycles. The number of nitrogens with zero attached hydrogens (tertiary/aromatic N) is 3. The predicted molar refractivity (Wildman–Crippen MR) is 65.8 cm³/mol. The summed E-state index contributed by atoms with van der Waals surface area (Å²) in [5.41, 5.74) is 1.18. The lowest BCUT2D eigenvalue weighted by atomic mass is 10.1. The highest BCUT2D eigenvalue weighted by Crippen LogP contribution is 2.18. The molecule has 4 nitrogen and oxygen atoms in total. The van der Waals surface area contributed by atoms with Crippen molar-refractivity contribution >= 4 is 11.8 Å². The Morgan fingerprint density at radius 2 is 1.94 bits per heavy atom. The largest absolute Gasteiger partial charge is 0.330 e. The van der Waals surface area contributed by atoms with Gasteiger partial charge in [0.25, 0.3) is 0 Å². The molecule has 0 aliphatic rings. The van der Waals surface area contributed by atoms with Gasteiger partial charge in [0, 0.05) is 27.3 Å². The van der Waals surface area contributed by atoms with Gasteiger partial charge in [-0.15, -0.1) is 0 Å². The van der Waals surface area contributed by atoms with Crippen molar-refractivity contribution in [1.29, 1.82) is 0 Å². The van der Waals surface area contributed by atoms with Crippen molar-refractivity contribution in [2.45, 2.75) is 19.8 Å². The summed E-state index contributed by atoms with van der Waals surface area (Å²) in [4.78, 5) is 19.0. The monoisotopic (exact) mass is 221 g/mol. The Morgan fingerprint density at radius 1 is 1.31 bits per heavy atom. The Hall–Kier alpha value is -1.58. The quantitative estimate of drug-likeness (QED) is 0.768. The van der Waals surface area contributed by atoms with Crippen LogP contribution in [0.5, 0.6) is 0 Å². The van der Waals surface area contributed by atoms with Gasteiger partial charge in [-0.1, -0.05) is 13.8 Å². The molecule has 0 aliphatic carbocycles. The number of urea groups is 1. The maximum Gasteiger partial charge on any atom is 0.324 e. The smallest absolute Gasteiger partial charge is 0.324 e. The summed E-state index contributed by atoms with van der Waals surface area (Å²) < 4.78 is 0. The van der Waals surface area contributed by atoms with Gasteiger partial charge in [-0.05, 0) is 23.6 Å². The molecule has 2 amide bonds. The second-order valence-electron chi connectivity index (χ2n) is 4.34. The second-order valence-corrected chi connectivity index (χ2v) is 4.34. The van der Waals surface area contributed by atoms with Crippen LogP contribution in [0.3, 0.4) is 0 Å². The fourth-order valence-electron chi connectivity index (χ4n) is 1.37. The summed E-state index contributed by atoms with van der Waals surface area (Å²) >= 11 is 0. The first-order chi connectivity index (χ1) is 7.43. The number of anilines is 1. The number of pyridine rings is 1. The van der Waals surface area contributed by atoms with E-state index >= 15 is 0 Å². The minimum Gasteiger partial charge on any atom is -0.330 e. The van der Waals surface area contributed by atoms with Crippen molar-refractivity contribution in [3.05, 3.63) is 23.9 Å². The molecule has 1 rings (SSSR count).